The van der Waals surface area contributed by atoms with E-state index in [0.717, 1.165) is 24.5 Å². The van der Waals surface area contributed by atoms with Crippen LogP contribution in [0, 0.1) is 6.92 Å². The number of halogens is 1. The number of nitrogens with zero attached hydrogens (tertiary/aromatic N) is 6. The first-order chi connectivity index (χ1) is 12.2. The van der Waals surface area contributed by atoms with Crippen LogP contribution < -0.4 is 4.90 Å². The van der Waals surface area contributed by atoms with Crippen LogP contribution in [0.1, 0.15) is 5.82 Å². The number of morpholine rings is 1. The van der Waals surface area contributed by atoms with Gasteiger partial charge in [0.25, 0.3) is 0 Å². The molecule has 0 atom stereocenters. The third-order valence-electron chi connectivity index (χ3n) is 4.03. The third-order valence-corrected chi connectivity index (χ3v) is 4.26. The van der Waals surface area contributed by atoms with Crippen LogP contribution in [0.2, 0.25) is 5.02 Å². The Balaban J connectivity index is 1.84. The summed E-state index contributed by atoms with van der Waals surface area (Å²) in [5.41, 5.74) is 0.850. The zero-order valence-corrected chi connectivity index (χ0v) is 14.5. The van der Waals surface area contributed by atoms with Crippen LogP contribution in [-0.4, -0.2) is 50.8 Å². The van der Waals surface area contributed by atoms with Crippen molar-refractivity contribution in [3.05, 3.63) is 47.5 Å². The van der Waals surface area contributed by atoms with E-state index in [4.69, 9.17) is 16.3 Å². The molecule has 7 nitrogen and oxygen atoms in total. The van der Waals surface area contributed by atoms with Gasteiger partial charge in [-0.05, 0) is 19.1 Å². The topological polar surface area (TPSA) is 69.0 Å². The van der Waals surface area contributed by atoms with Gasteiger partial charge in [-0.25, -0.2) is 4.98 Å². The van der Waals surface area contributed by atoms with Crippen LogP contribution in [0.15, 0.2) is 36.7 Å². The van der Waals surface area contributed by atoms with Gasteiger partial charge in [-0.15, -0.1) is 0 Å². The molecule has 0 unspecified atom stereocenters. The number of aromatic nitrogens is 5. The van der Waals surface area contributed by atoms with Crippen LogP contribution in [0.5, 0.6) is 0 Å². The van der Waals surface area contributed by atoms with Crippen molar-refractivity contribution in [2.45, 2.75) is 6.92 Å². The first-order valence-corrected chi connectivity index (χ1v) is 8.43. The van der Waals surface area contributed by atoms with Crippen LogP contribution >= 0.6 is 11.6 Å². The van der Waals surface area contributed by atoms with Gasteiger partial charge in [0.05, 0.1) is 13.2 Å². The average molecular weight is 357 g/mol. The first kappa shape index (κ1) is 16.0. The van der Waals surface area contributed by atoms with Gasteiger partial charge < -0.3 is 9.64 Å². The van der Waals surface area contributed by atoms with Gasteiger partial charge >= 0.3 is 0 Å². The Morgan fingerprint density at radius 2 is 1.88 bits per heavy atom. The molecule has 0 radical (unpaired) electrons. The standard InChI is InChI=1S/C17H17ClN6O/c1-12-19-5-6-24(12)17-21-15(13-3-2-4-14(18)11-13)20-16(22-17)23-7-9-25-10-8-23/h2-6,11H,7-10H2,1H3. The van der Waals surface area contributed by atoms with Crippen LogP contribution in [0.4, 0.5) is 5.95 Å². The average Bonchev–Trinajstić information content (AvgIpc) is 3.08. The van der Waals surface area contributed by atoms with E-state index in [9.17, 15) is 0 Å². The molecule has 1 aliphatic rings. The largest absolute Gasteiger partial charge is 0.378 e. The van der Waals surface area contributed by atoms with Crippen LogP contribution in [0.3, 0.4) is 0 Å². The Kier molecular flexibility index (Phi) is 4.33. The molecule has 3 aromatic rings. The van der Waals surface area contributed by atoms with Gasteiger partial charge in [0.15, 0.2) is 5.82 Å². The predicted molar refractivity (Wildman–Crippen MR) is 95.2 cm³/mol. The van der Waals surface area contributed by atoms with Crippen molar-refractivity contribution in [3.63, 3.8) is 0 Å². The smallest absolute Gasteiger partial charge is 0.240 e. The number of rotatable bonds is 3. The lowest BCUT2D eigenvalue weighted by molar-refractivity contribution is 0.122. The van der Waals surface area contributed by atoms with Crippen molar-refractivity contribution in [2.75, 3.05) is 31.2 Å². The van der Waals surface area contributed by atoms with Crippen LogP contribution in [0.25, 0.3) is 17.3 Å². The lowest BCUT2D eigenvalue weighted by Crippen LogP contribution is -2.37. The van der Waals surface area contributed by atoms with E-state index < -0.39 is 0 Å². The molecule has 3 heterocycles. The monoisotopic (exact) mass is 356 g/mol. The van der Waals surface area contributed by atoms with Gasteiger partial charge in [0, 0.05) is 36.1 Å². The Labute approximate surface area is 150 Å². The van der Waals surface area contributed by atoms with E-state index in [2.05, 4.69) is 24.8 Å². The maximum Gasteiger partial charge on any atom is 0.240 e. The number of benzene rings is 1. The summed E-state index contributed by atoms with van der Waals surface area (Å²) in [6, 6.07) is 7.51. The second kappa shape index (κ2) is 6.78. The maximum atomic E-state index is 6.13. The highest BCUT2D eigenvalue weighted by Crippen LogP contribution is 2.23. The molecule has 1 saturated heterocycles. The van der Waals surface area contributed by atoms with E-state index in [-0.39, 0.29) is 0 Å². The van der Waals surface area contributed by atoms with E-state index in [1.54, 1.807) is 6.20 Å². The molecular formula is C17H17ClN6O. The van der Waals surface area contributed by atoms with E-state index in [1.165, 1.54) is 0 Å². The van der Waals surface area contributed by atoms with Crippen molar-refractivity contribution in [3.8, 4) is 17.3 Å². The fraction of sp³-hybridized carbons (Fsp3) is 0.294. The highest BCUT2D eigenvalue weighted by atomic mass is 35.5. The van der Waals surface area contributed by atoms with E-state index >= 15 is 0 Å². The predicted octanol–water partition coefficient (Wildman–Crippen LogP) is 2.52. The molecule has 0 N–H and O–H groups in total. The molecular weight excluding hydrogens is 340 g/mol. The van der Waals surface area contributed by atoms with Gasteiger partial charge in [-0.2, -0.15) is 15.0 Å². The summed E-state index contributed by atoms with van der Waals surface area (Å²) in [5, 5.41) is 0.645. The van der Waals surface area contributed by atoms with Gasteiger partial charge in [-0.3, -0.25) is 4.57 Å². The molecule has 0 amide bonds. The molecule has 25 heavy (non-hydrogen) atoms. The van der Waals surface area contributed by atoms with Crippen molar-refractivity contribution < 1.29 is 4.74 Å². The molecule has 0 saturated carbocycles. The molecule has 2 aromatic heterocycles. The summed E-state index contributed by atoms with van der Waals surface area (Å²) in [4.78, 5) is 20.3. The summed E-state index contributed by atoms with van der Waals surface area (Å²) in [6.45, 7) is 4.75. The Bertz CT molecular complexity index is 890. The fourth-order valence-corrected chi connectivity index (χ4v) is 2.90. The van der Waals surface area contributed by atoms with Gasteiger partial charge in [0.2, 0.25) is 11.9 Å². The Morgan fingerprint density at radius 3 is 2.60 bits per heavy atom. The summed E-state index contributed by atoms with van der Waals surface area (Å²) in [7, 11) is 0. The third kappa shape index (κ3) is 3.33. The maximum absolute atomic E-state index is 6.13. The molecule has 0 spiro atoms. The number of ether oxygens (including phenoxy) is 1. The number of hydrogen-bond acceptors (Lipinski definition) is 6. The van der Waals surface area contributed by atoms with Crippen molar-refractivity contribution in [2.24, 2.45) is 0 Å². The van der Waals surface area contributed by atoms with E-state index in [0.29, 0.717) is 36.0 Å². The molecule has 8 heteroatoms. The lowest BCUT2D eigenvalue weighted by Gasteiger charge is -2.27. The highest BCUT2D eigenvalue weighted by Gasteiger charge is 2.18. The number of imidazole rings is 1. The second-order valence-corrected chi connectivity index (χ2v) is 6.15. The number of aryl methyl sites for hydroxylation is 1. The summed E-state index contributed by atoms with van der Waals surface area (Å²) in [5.74, 6) is 2.58. The SMILES string of the molecule is Cc1nccn1-c1nc(-c2cccc(Cl)c2)nc(N2CCOCC2)n1. The lowest BCUT2D eigenvalue weighted by atomic mass is 10.2. The molecule has 128 valence electrons. The van der Waals surface area contributed by atoms with Crippen molar-refractivity contribution >= 4 is 17.5 Å². The zero-order chi connectivity index (χ0) is 17.2. The molecule has 1 aromatic carbocycles. The second-order valence-electron chi connectivity index (χ2n) is 5.71. The summed E-state index contributed by atoms with van der Waals surface area (Å²) in [6.07, 6.45) is 3.57. The zero-order valence-electron chi connectivity index (χ0n) is 13.8. The molecule has 4 rings (SSSR count). The fourth-order valence-electron chi connectivity index (χ4n) is 2.71. The van der Waals surface area contributed by atoms with E-state index in [1.807, 2.05) is 42.0 Å². The molecule has 1 fully saturated rings. The number of hydrogen-bond donors (Lipinski definition) is 0. The Morgan fingerprint density at radius 1 is 1.08 bits per heavy atom. The molecule has 0 bridgehead atoms. The van der Waals surface area contributed by atoms with Gasteiger partial charge in [0.1, 0.15) is 5.82 Å². The Hall–Kier alpha value is -2.51. The summed E-state index contributed by atoms with van der Waals surface area (Å²) >= 11 is 6.13. The summed E-state index contributed by atoms with van der Waals surface area (Å²) < 4.78 is 7.27. The van der Waals surface area contributed by atoms with Crippen LogP contribution in [-0.2, 0) is 4.74 Å². The molecule has 1 aliphatic heterocycles. The normalized spacial score (nSPS) is 14.7. The van der Waals surface area contributed by atoms with Crippen molar-refractivity contribution in [1.29, 1.82) is 0 Å². The number of anilines is 1. The highest BCUT2D eigenvalue weighted by molar-refractivity contribution is 6.30. The minimum Gasteiger partial charge on any atom is -0.378 e. The first-order valence-electron chi connectivity index (χ1n) is 8.06. The van der Waals surface area contributed by atoms with Gasteiger partial charge in [-0.1, -0.05) is 23.7 Å². The van der Waals surface area contributed by atoms with Crippen molar-refractivity contribution in [1.82, 2.24) is 24.5 Å². The minimum absolute atomic E-state index is 0.543. The minimum atomic E-state index is 0.543. The molecule has 0 aliphatic carbocycles. The quantitative estimate of drug-likeness (QED) is 0.718.